The van der Waals surface area contributed by atoms with Crippen LogP contribution < -0.4 is 15.0 Å². The number of hydrogen-bond donors (Lipinski definition) is 1. The van der Waals surface area contributed by atoms with Crippen molar-refractivity contribution in [3.05, 3.63) is 89.5 Å². The molecule has 3 amide bonds. The van der Waals surface area contributed by atoms with Crippen molar-refractivity contribution in [3.63, 3.8) is 0 Å². The number of benzene rings is 3. The zero-order chi connectivity index (χ0) is 23.6. The molecule has 1 heterocycles. The van der Waals surface area contributed by atoms with Crippen LogP contribution >= 0.6 is 0 Å². The number of nitrogens with zero attached hydrogens (tertiary/aromatic N) is 2. The van der Waals surface area contributed by atoms with Crippen LogP contribution in [0, 0.1) is 0 Å². The van der Waals surface area contributed by atoms with E-state index in [1.165, 1.54) is 30.1 Å². The Labute approximate surface area is 192 Å². The predicted molar refractivity (Wildman–Crippen MR) is 124 cm³/mol. The lowest BCUT2D eigenvalue weighted by Gasteiger charge is -2.34. The van der Waals surface area contributed by atoms with E-state index < -0.39 is 22.0 Å². The van der Waals surface area contributed by atoms with E-state index in [0.29, 0.717) is 11.3 Å². The number of methoxy groups -OCH3 is 1. The fourth-order valence-corrected chi connectivity index (χ4v) is 5.19. The molecule has 1 aliphatic heterocycles. The first kappa shape index (κ1) is 22.3. The standard InChI is InChI=1S/C24H23N3O5S/c1-26-21-13-10-19(23(28)25-15-17-8-11-20(32-2)12-9-17)14-22(21)33(30,31)27(24(26)29)16-18-6-4-3-5-7-18/h3-14H,15-16H2,1-2H3,(H,25,28). The molecule has 4 rings (SSSR count). The summed E-state index contributed by atoms with van der Waals surface area (Å²) in [5, 5.41) is 2.79. The summed E-state index contributed by atoms with van der Waals surface area (Å²) in [6.07, 6.45) is 0. The Hall–Kier alpha value is -3.85. The summed E-state index contributed by atoms with van der Waals surface area (Å²) in [6, 6.07) is 19.8. The third kappa shape index (κ3) is 4.40. The highest BCUT2D eigenvalue weighted by Crippen LogP contribution is 2.35. The van der Waals surface area contributed by atoms with E-state index in [0.717, 1.165) is 9.87 Å². The third-order valence-electron chi connectivity index (χ3n) is 5.43. The third-order valence-corrected chi connectivity index (χ3v) is 7.18. The Morgan fingerprint density at radius 3 is 2.33 bits per heavy atom. The van der Waals surface area contributed by atoms with Gasteiger partial charge in [-0.3, -0.25) is 9.69 Å². The number of rotatable bonds is 6. The number of amides is 3. The number of anilines is 1. The molecule has 33 heavy (non-hydrogen) atoms. The number of sulfonamides is 1. The van der Waals surface area contributed by atoms with Gasteiger partial charge in [0.15, 0.2) is 0 Å². The Morgan fingerprint density at radius 1 is 0.970 bits per heavy atom. The molecule has 170 valence electrons. The quantitative estimate of drug-likeness (QED) is 0.602. The van der Waals surface area contributed by atoms with Crippen LogP contribution in [0.3, 0.4) is 0 Å². The maximum Gasteiger partial charge on any atom is 0.338 e. The van der Waals surface area contributed by atoms with E-state index in [1.54, 1.807) is 43.5 Å². The molecule has 8 nitrogen and oxygen atoms in total. The molecule has 0 spiro atoms. The Bertz CT molecular complexity index is 1290. The molecule has 0 saturated heterocycles. The molecule has 0 aromatic heterocycles. The molecule has 0 aliphatic carbocycles. The van der Waals surface area contributed by atoms with E-state index in [-0.39, 0.29) is 29.2 Å². The molecule has 0 bridgehead atoms. The first-order chi connectivity index (χ1) is 15.8. The SMILES string of the molecule is COc1ccc(CNC(=O)c2ccc3c(c2)S(=O)(=O)N(Cc2ccccc2)C(=O)N3C)cc1. The molecule has 3 aromatic rings. The van der Waals surface area contributed by atoms with Crippen LogP contribution in [0.2, 0.25) is 0 Å². The zero-order valence-electron chi connectivity index (χ0n) is 18.2. The van der Waals surface area contributed by atoms with Gasteiger partial charge in [0, 0.05) is 19.2 Å². The number of ether oxygens (including phenoxy) is 1. The van der Waals surface area contributed by atoms with Crippen molar-refractivity contribution in [1.82, 2.24) is 9.62 Å². The zero-order valence-corrected chi connectivity index (χ0v) is 19.0. The number of carbonyl (C=O) groups excluding carboxylic acids is 2. The summed E-state index contributed by atoms with van der Waals surface area (Å²) < 4.78 is 32.6. The van der Waals surface area contributed by atoms with Gasteiger partial charge in [-0.1, -0.05) is 42.5 Å². The Kier molecular flexibility index (Phi) is 6.06. The van der Waals surface area contributed by atoms with Gasteiger partial charge < -0.3 is 10.1 Å². The maximum absolute atomic E-state index is 13.3. The second kappa shape index (κ2) is 8.95. The van der Waals surface area contributed by atoms with Gasteiger partial charge in [-0.2, -0.15) is 0 Å². The van der Waals surface area contributed by atoms with Crippen molar-refractivity contribution in [3.8, 4) is 5.75 Å². The average Bonchev–Trinajstić information content (AvgIpc) is 2.84. The molecular formula is C24H23N3O5S. The lowest BCUT2D eigenvalue weighted by Crippen LogP contribution is -2.48. The smallest absolute Gasteiger partial charge is 0.338 e. The summed E-state index contributed by atoms with van der Waals surface area (Å²) >= 11 is 0. The maximum atomic E-state index is 13.3. The van der Waals surface area contributed by atoms with Crippen LogP contribution in [-0.4, -0.2) is 38.8 Å². The molecule has 9 heteroatoms. The molecule has 0 fully saturated rings. The van der Waals surface area contributed by atoms with Gasteiger partial charge in [0.25, 0.3) is 15.9 Å². The van der Waals surface area contributed by atoms with Gasteiger partial charge in [0.1, 0.15) is 10.6 Å². The highest BCUT2D eigenvalue weighted by molar-refractivity contribution is 7.90. The van der Waals surface area contributed by atoms with E-state index in [9.17, 15) is 18.0 Å². The van der Waals surface area contributed by atoms with Crippen LogP contribution in [0.25, 0.3) is 0 Å². The fraction of sp³-hybridized carbons (Fsp3) is 0.167. The Balaban J connectivity index is 1.59. The minimum absolute atomic E-state index is 0.0855. The first-order valence-electron chi connectivity index (χ1n) is 10.2. The summed E-state index contributed by atoms with van der Waals surface area (Å²) in [5.74, 6) is 0.293. The number of nitrogens with one attached hydrogen (secondary N) is 1. The summed E-state index contributed by atoms with van der Waals surface area (Å²) in [7, 11) is -1.06. The minimum atomic E-state index is -4.15. The van der Waals surface area contributed by atoms with Crippen molar-refractivity contribution in [2.24, 2.45) is 0 Å². The minimum Gasteiger partial charge on any atom is -0.497 e. The normalized spacial score (nSPS) is 14.5. The number of fused-ring (bicyclic) bond motifs is 1. The van der Waals surface area contributed by atoms with E-state index >= 15 is 0 Å². The van der Waals surface area contributed by atoms with Crippen LogP contribution in [0.4, 0.5) is 10.5 Å². The van der Waals surface area contributed by atoms with Crippen molar-refractivity contribution < 1.29 is 22.7 Å². The van der Waals surface area contributed by atoms with Crippen molar-refractivity contribution in [2.45, 2.75) is 18.0 Å². The van der Waals surface area contributed by atoms with Gasteiger partial charge in [-0.15, -0.1) is 0 Å². The summed E-state index contributed by atoms with van der Waals surface area (Å²) in [6.45, 7) is 0.171. The highest BCUT2D eigenvalue weighted by Gasteiger charge is 2.40. The van der Waals surface area contributed by atoms with Crippen molar-refractivity contribution in [2.75, 3.05) is 19.1 Å². The molecular weight excluding hydrogens is 442 g/mol. The van der Waals surface area contributed by atoms with E-state index in [4.69, 9.17) is 4.74 Å². The van der Waals surface area contributed by atoms with Crippen LogP contribution in [0.15, 0.2) is 77.7 Å². The van der Waals surface area contributed by atoms with Gasteiger partial charge in [-0.25, -0.2) is 17.5 Å². The molecule has 1 aliphatic rings. The monoisotopic (exact) mass is 465 g/mol. The number of hydrogen-bond acceptors (Lipinski definition) is 5. The molecule has 0 saturated carbocycles. The second-order valence-corrected chi connectivity index (χ2v) is 9.38. The number of carbonyl (C=O) groups is 2. The van der Waals surface area contributed by atoms with E-state index in [2.05, 4.69) is 5.32 Å². The van der Waals surface area contributed by atoms with E-state index in [1.807, 2.05) is 18.2 Å². The van der Waals surface area contributed by atoms with Gasteiger partial charge in [-0.05, 0) is 41.5 Å². The van der Waals surface area contributed by atoms with Gasteiger partial charge >= 0.3 is 6.03 Å². The predicted octanol–water partition coefficient (Wildman–Crippen LogP) is 3.39. The molecule has 0 atom stereocenters. The largest absolute Gasteiger partial charge is 0.497 e. The summed E-state index contributed by atoms with van der Waals surface area (Å²) in [5.41, 5.74) is 1.97. The molecule has 0 radical (unpaired) electrons. The Morgan fingerprint density at radius 2 is 1.67 bits per heavy atom. The fourth-order valence-electron chi connectivity index (χ4n) is 3.56. The van der Waals surface area contributed by atoms with Gasteiger partial charge in [0.05, 0.1) is 19.3 Å². The highest BCUT2D eigenvalue weighted by atomic mass is 32.2. The average molecular weight is 466 g/mol. The van der Waals surface area contributed by atoms with Crippen LogP contribution in [0.5, 0.6) is 5.75 Å². The summed E-state index contributed by atoms with van der Waals surface area (Å²) in [4.78, 5) is 26.7. The lowest BCUT2D eigenvalue weighted by atomic mass is 10.1. The molecule has 0 unspecified atom stereocenters. The lowest BCUT2D eigenvalue weighted by molar-refractivity contribution is 0.0950. The van der Waals surface area contributed by atoms with Crippen LogP contribution in [-0.2, 0) is 23.1 Å². The number of urea groups is 1. The van der Waals surface area contributed by atoms with Gasteiger partial charge in [0.2, 0.25) is 0 Å². The van der Waals surface area contributed by atoms with Crippen molar-refractivity contribution in [1.29, 1.82) is 0 Å². The first-order valence-corrected chi connectivity index (χ1v) is 11.6. The topological polar surface area (TPSA) is 96.0 Å². The molecule has 1 N–H and O–H groups in total. The second-order valence-electron chi connectivity index (χ2n) is 7.55. The van der Waals surface area contributed by atoms with Crippen molar-refractivity contribution >= 4 is 27.6 Å². The van der Waals surface area contributed by atoms with Crippen LogP contribution in [0.1, 0.15) is 21.5 Å². The molecule has 3 aromatic carbocycles.